The van der Waals surface area contributed by atoms with E-state index in [2.05, 4.69) is 21.2 Å². The first-order valence-electron chi connectivity index (χ1n) is 4.26. The Kier molecular flexibility index (Phi) is 3.44. The number of alkyl halides is 2. The Hall–Kier alpha value is -0.970. The maximum Gasteiger partial charge on any atom is 0.322 e. The summed E-state index contributed by atoms with van der Waals surface area (Å²) in [6.45, 7) is 2.30. The van der Waals surface area contributed by atoms with Gasteiger partial charge in [0.15, 0.2) is 0 Å². The smallest absolute Gasteiger partial charge is 0.321 e. The summed E-state index contributed by atoms with van der Waals surface area (Å²) < 4.78 is 25.9. The Bertz CT molecular complexity index is 387. The van der Waals surface area contributed by atoms with E-state index in [-0.39, 0.29) is 0 Å². The summed E-state index contributed by atoms with van der Waals surface area (Å²) in [4.78, 5) is 11.0. The van der Waals surface area contributed by atoms with Crippen LogP contribution in [0.25, 0.3) is 0 Å². The molecule has 1 aromatic carbocycles. The number of rotatable bonds is 2. The summed E-state index contributed by atoms with van der Waals surface area (Å²) >= 11 is 3.20. The largest absolute Gasteiger partial charge is 0.322 e. The highest BCUT2D eigenvalue weighted by molar-refractivity contribution is 9.10. The van der Waals surface area contributed by atoms with Gasteiger partial charge in [-0.1, -0.05) is 22.0 Å². The normalized spacial score (nSPS) is 11.3. The zero-order chi connectivity index (χ0) is 11.6. The number of amides is 1. The Morgan fingerprint density at radius 2 is 2.07 bits per heavy atom. The van der Waals surface area contributed by atoms with E-state index < -0.39 is 11.8 Å². The average Bonchev–Trinajstić information content (AvgIpc) is 2.09. The molecule has 0 radical (unpaired) electrons. The molecule has 0 aliphatic rings. The van der Waals surface area contributed by atoms with Crippen molar-refractivity contribution >= 4 is 27.5 Å². The molecule has 1 aromatic rings. The standard InChI is InChI=1S/C10H10BrF2NO/c1-6-3-4-7(11)5-8(6)14-9(15)10(2,12)13/h3-5H,1-2H3,(H,14,15). The monoisotopic (exact) mass is 277 g/mol. The lowest BCUT2D eigenvalue weighted by molar-refractivity contribution is -0.137. The number of anilines is 1. The maximum atomic E-state index is 12.6. The number of halogens is 3. The third kappa shape index (κ3) is 3.27. The Labute approximate surface area is 94.8 Å². The lowest BCUT2D eigenvalue weighted by Gasteiger charge is -2.12. The zero-order valence-electron chi connectivity index (χ0n) is 8.27. The summed E-state index contributed by atoms with van der Waals surface area (Å²) in [6, 6.07) is 5.08. The summed E-state index contributed by atoms with van der Waals surface area (Å²) in [6.07, 6.45) is 0. The van der Waals surface area contributed by atoms with Gasteiger partial charge in [0.2, 0.25) is 0 Å². The molecule has 0 atom stereocenters. The Morgan fingerprint density at radius 3 is 2.60 bits per heavy atom. The molecule has 0 heterocycles. The molecule has 0 saturated heterocycles. The van der Waals surface area contributed by atoms with Crippen LogP contribution in [0.5, 0.6) is 0 Å². The molecule has 0 saturated carbocycles. The highest BCUT2D eigenvalue weighted by Gasteiger charge is 2.32. The van der Waals surface area contributed by atoms with Crippen molar-refractivity contribution < 1.29 is 13.6 Å². The molecule has 0 fully saturated rings. The average molecular weight is 278 g/mol. The van der Waals surface area contributed by atoms with Gasteiger partial charge in [-0.25, -0.2) is 0 Å². The molecule has 15 heavy (non-hydrogen) atoms. The number of nitrogens with one attached hydrogen (secondary N) is 1. The first-order chi connectivity index (χ1) is 6.80. The van der Waals surface area contributed by atoms with Crippen LogP contribution in [0, 0.1) is 6.92 Å². The van der Waals surface area contributed by atoms with Crippen LogP contribution in [-0.4, -0.2) is 11.8 Å². The molecule has 1 N–H and O–H groups in total. The second kappa shape index (κ2) is 4.26. The number of carbonyl (C=O) groups is 1. The SMILES string of the molecule is Cc1ccc(Br)cc1NC(=O)C(C)(F)F. The van der Waals surface area contributed by atoms with Gasteiger partial charge in [0, 0.05) is 17.1 Å². The highest BCUT2D eigenvalue weighted by atomic mass is 79.9. The fourth-order valence-electron chi connectivity index (χ4n) is 0.961. The molecule has 0 aliphatic carbocycles. The van der Waals surface area contributed by atoms with E-state index >= 15 is 0 Å². The Morgan fingerprint density at radius 1 is 1.47 bits per heavy atom. The second-order valence-corrected chi connectivity index (χ2v) is 4.22. The molecule has 0 unspecified atom stereocenters. The first-order valence-corrected chi connectivity index (χ1v) is 5.05. The molecule has 0 aliphatic heterocycles. The maximum absolute atomic E-state index is 12.6. The van der Waals surface area contributed by atoms with Gasteiger partial charge >= 0.3 is 5.92 Å². The molecule has 1 rings (SSSR count). The summed E-state index contributed by atoms with van der Waals surface area (Å²) in [5, 5.41) is 2.17. The lowest BCUT2D eigenvalue weighted by atomic mass is 10.2. The molecule has 2 nitrogen and oxygen atoms in total. The van der Waals surface area contributed by atoms with Crippen LogP contribution in [-0.2, 0) is 4.79 Å². The summed E-state index contributed by atoms with van der Waals surface area (Å²) in [5.41, 5.74) is 1.12. The van der Waals surface area contributed by atoms with E-state index in [0.717, 1.165) is 10.0 Å². The van der Waals surface area contributed by atoms with Gasteiger partial charge in [-0.15, -0.1) is 0 Å². The van der Waals surface area contributed by atoms with Crippen LogP contribution < -0.4 is 5.32 Å². The van der Waals surface area contributed by atoms with E-state index in [1.165, 1.54) is 0 Å². The number of carbonyl (C=O) groups excluding carboxylic acids is 1. The van der Waals surface area contributed by atoms with Crippen molar-refractivity contribution in [2.75, 3.05) is 5.32 Å². The van der Waals surface area contributed by atoms with E-state index in [9.17, 15) is 13.6 Å². The first kappa shape index (κ1) is 12.1. The Balaban J connectivity index is 2.90. The van der Waals surface area contributed by atoms with Crippen LogP contribution in [0.3, 0.4) is 0 Å². The van der Waals surface area contributed by atoms with Gasteiger partial charge in [0.1, 0.15) is 0 Å². The topological polar surface area (TPSA) is 29.1 Å². The summed E-state index contributed by atoms with van der Waals surface area (Å²) in [5.74, 6) is -4.67. The highest BCUT2D eigenvalue weighted by Crippen LogP contribution is 2.22. The lowest BCUT2D eigenvalue weighted by Crippen LogP contribution is -2.31. The van der Waals surface area contributed by atoms with Crippen LogP contribution >= 0.6 is 15.9 Å². The molecule has 5 heteroatoms. The van der Waals surface area contributed by atoms with Crippen molar-refractivity contribution in [3.63, 3.8) is 0 Å². The third-order valence-electron chi connectivity index (χ3n) is 1.85. The van der Waals surface area contributed by atoms with E-state index in [1.54, 1.807) is 25.1 Å². The predicted octanol–water partition coefficient (Wildman–Crippen LogP) is 3.35. The minimum Gasteiger partial charge on any atom is -0.321 e. The third-order valence-corrected chi connectivity index (χ3v) is 2.34. The van der Waals surface area contributed by atoms with Crippen LogP contribution in [0.15, 0.2) is 22.7 Å². The number of hydrogen-bond donors (Lipinski definition) is 1. The molecular formula is C10H10BrF2NO. The van der Waals surface area contributed by atoms with E-state index in [4.69, 9.17) is 0 Å². The quantitative estimate of drug-likeness (QED) is 0.883. The fourth-order valence-corrected chi connectivity index (χ4v) is 1.32. The van der Waals surface area contributed by atoms with Gasteiger partial charge in [0.25, 0.3) is 5.91 Å². The van der Waals surface area contributed by atoms with Gasteiger partial charge in [-0.05, 0) is 24.6 Å². The zero-order valence-corrected chi connectivity index (χ0v) is 9.86. The fraction of sp³-hybridized carbons (Fsp3) is 0.300. The molecule has 1 amide bonds. The van der Waals surface area contributed by atoms with E-state index in [0.29, 0.717) is 12.6 Å². The molecule has 0 spiro atoms. The van der Waals surface area contributed by atoms with Crippen molar-refractivity contribution in [1.82, 2.24) is 0 Å². The molecule has 82 valence electrons. The van der Waals surface area contributed by atoms with Gasteiger partial charge < -0.3 is 5.32 Å². The predicted molar refractivity (Wildman–Crippen MR) is 58.1 cm³/mol. The molecular weight excluding hydrogens is 268 g/mol. The van der Waals surface area contributed by atoms with Crippen molar-refractivity contribution in [3.05, 3.63) is 28.2 Å². The number of benzene rings is 1. The van der Waals surface area contributed by atoms with Crippen molar-refractivity contribution in [2.45, 2.75) is 19.8 Å². The number of hydrogen-bond acceptors (Lipinski definition) is 1. The van der Waals surface area contributed by atoms with Crippen LogP contribution in [0.2, 0.25) is 0 Å². The summed E-state index contributed by atoms with van der Waals surface area (Å²) in [7, 11) is 0. The van der Waals surface area contributed by atoms with Gasteiger partial charge in [-0.2, -0.15) is 8.78 Å². The second-order valence-electron chi connectivity index (χ2n) is 3.30. The van der Waals surface area contributed by atoms with Gasteiger partial charge in [0.05, 0.1) is 0 Å². The van der Waals surface area contributed by atoms with E-state index in [1.807, 2.05) is 0 Å². The molecule has 0 bridgehead atoms. The minimum atomic E-state index is -3.37. The number of aryl methyl sites for hydroxylation is 1. The van der Waals surface area contributed by atoms with Crippen molar-refractivity contribution in [2.24, 2.45) is 0 Å². The minimum absolute atomic E-state index is 0.385. The van der Waals surface area contributed by atoms with Crippen LogP contribution in [0.1, 0.15) is 12.5 Å². The van der Waals surface area contributed by atoms with Crippen LogP contribution in [0.4, 0.5) is 14.5 Å². The van der Waals surface area contributed by atoms with Crippen molar-refractivity contribution in [1.29, 1.82) is 0 Å². The molecule has 0 aromatic heterocycles. The van der Waals surface area contributed by atoms with Crippen molar-refractivity contribution in [3.8, 4) is 0 Å². The van der Waals surface area contributed by atoms with Gasteiger partial charge in [-0.3, -0.25) is 4.79 Å².